The molecule has 0 saturated carbocycles. The fraction of sp³-hybridized carbons (Fsp3) is 0.300. The highest BCUT2D eigenvalue weighted by Gasteiger charge is 2.18. The summed E-state index contributed by atoms with van der Waals surface area (Å²) in [6.07, 6.45) is 0.725. The molecule has 2 aromatic rings. The van der Waals surface area contributed by atoms with Crippen molar-refractivity contribution >= 4 is 28.9 Å². The summed E-state index contributed by atoms with van der Waals surface area (Å²) in [7, 11) is 3.51. The van der Waals surface area contributed by atoms with Gasteiger partial charge in [-0.05, 0) is 30.7 Å². The molecule has 0 bridgehead atoms. The molecule has 0 atom stereocenters. The molecule has 0 radical (unpaired) electrons. The summed E-state index contributed by atoms with van der Waals surface area (Å²) >= 11 is 0. The number of hydrogen-bond donors (Lipinski definition) is 2. The normalized spacial score (nSPS) is 10.1. The Labute approximate surface area is 168 Å². The maximum Gasteiger partial charge on any atom is 0.338 e. The van der Waals surface area contributed by atoms with Gasteiger partial charge in [0, 0.05) is 38.9 Å². The second kappa shape index (κ2) is 10.6. The molecule has 2 rings (SSSR count). The van der Waals surface area contributed by atoms with Gasteiger partial charge in [-0.15, -0.1) is 0 Å². The van der Waals surface area contributed by atoms with Gasteiger partial charge in [0.1, 0.15) is 5.69 Å². The molecule has 29 heavy (non-hydrogen) atoms. The van der Waals surface area contributed by atoms with Crippen LogP contribution >= 0.6 is 0 Å². The van der Waals surface area contributed by atoms with E-state index in [9.17, 15) is 19.7 Å². The fourth-order valence-electron chi connectivity index (χ4n) is 2.64. The lowest BCUT2D eigenvalue weighted by Crippen LogP contribution is -2.31. The molecule has 0 unspecified atom stereocenters. The smallest absolute Gasteiger partial charge is 0.338 e. The Morgan fingerprint density at radius 3 is 2.55 bits per heavy atom. The number of para-hydroxylation sites is 1. The van der Waals surface area contributed by atoms with E-state index in [2.05, 4.69) is 15.5 Å². The zero-order chi connectivity index (χ0) is 21.2. The number of rotatable bonds is 10. The second-order valence-corrected chi connectivity index (χ2v) is 6.28. The van der Waals surface area contributed by atoms with Gasteiger partial charge in [0.15, 0.2) is 6.61 Å². The molecule has 0 aromatic heterocycles. The van der Waals surface area contributed by atoms with E-state index in [0.29, 0.717) is 6.54 Å². The maximum absolute atomic E-state index is 12.0. The van der Waals surface area contributed by atoms with Crippen LogP contribution in [0, 0.1) is 10.1 Å². The third kappa shape index (κ3) is 6.49. The second-order valence-electron chi connectivity index (χ2n) is 6.28. The third-order valence-electron chi connectivity index (χ3n) is 4.22. The predicted molar refractivity (Wildman–Crippen MR) is 110 cm³/mol. The van der Waals surface area contributed by atoms with Crippen molar-refractivity contribution in [2.45, 2.75) is 6.42 Å². The summed E-state index contributed by atoms with van der Waals surface area (Å²) in [5.74, 6) is -1.23. The van der Waals surface area contributed by atoms with Crippen molar-refractivity contribution < 1.29 is 19.2 Å². The number of nitrogens with one attached hydrogen (secondary N) is 2. The molecule has 2 aromatic carbocycles. The van der Waals surface area contributed by atoms with Gasteiger partial charge in [0.25, 0.3) is 11.6 Å². The van der Waals surface area contributed by atoms with Crippen LogP contribution in [0.3, 0.4) is 0 Å². The highest BCUT2D eigenvalue weighted by Crippen LogP contribution is 2.25. The Bertz CT molecular complexity index is 857. The number of carbonyl (C=O) groups excluding carboxylic acids is 2. The first kappa shape index (κ1) is 21.7. The number of amides is 1. The third-order valence-corrected chi connectivity index (χ3v) is 4.22. The maximum atomic E-state index is 12.0. The van der Waals surface area contributed by atoms with Gasteiger partial charge in [0.2, 0.25) is 0 Å². The Morgan fingerprint density at radius 1 is 1.17 bits per heavy atom. The predicted octanol–water partition coefficient (Wildman–Crippen LogP) is 2.44. The standard InChI is InChI=1S/C20H24N4O5/c1-21-17-10-9-15(13-18(17)24(27)28)20(26)29-14-19(25)22-11-6-12-23(2)16-7-4-3-5-8-16/h3-5,7-10,13,21H,6,11-12,14H2,1-2H3,(H,22,25). The lowest BCUT2D eigenvalue weighted by molar-refractivity contribution is -0.384. The molecule has 0 aliphatic heterocycles. The quantitative estimate of drug-likeness (QED) is 0.272. The van der Waals surface area contributed by atoms with Crippen molar-refractivity contribution in [1.29, 1.82) is 0 Å². The Balaban J connectivity index is 1.74. The number of hydrogen-bond acceptors (Lipinski definition) is 7. The van der Waals surface area contributed by atoms with Crippen LogP contribution in [-0.4, -0.2) is 50.6 Å². The first-order valence-electron chi connectivity index (χ1n) is 9.08. The zero-order valence-electron chi connectivity index (χ0n) is 16.4. The van der Waals surface area contributed by atoms with Crippen molar-refractivity contribution in [3.63, 3.8) is 0 Å². The van der Waals surface area contributed by atoms with Crippen molar-refractivity contribution in [2.75, 3.05) is 44.0 Å². The Morgan fingerprint density at radius 2 is 1.90 bits per heavy atom. The highest BCUT2D eigenvalue weighted by atomic mass is 16.6. The minimum absolute atomic E-state index is 0.00739. The number of nitrogens with zero attached hydrogens (tertiary/aromatic N) is 2. The van der Waals surface area contributed by atoms with Crippen LogP contribution in [0.2, 0.25) is 0 Å². The molecule has 1 amide bonds. The number of carbonyl (C=O) groups is 2. The number of esters is 1. The van der Waals surface area contributed by atoms with Gasteiger partial charge >= 0.3 is 5.97 Å². The van der Waals surface area contributed by atoms with Gasteiger partial charge in [0.05, 0.1) is 10.5 Å². The number of nitro benzene ring substituents is 1. The Hall–Kier alpha value is -3.62. The van der Waals surface area contributed by atoms with E-state index >= 15 is 0 Å². The molecule has 0 heterocycles. The first-order valence-corrected chi connectivity index (χ1v) is 9.08. The lowest BCUT2D eigenvalue weighted by Gasteiger charge is -2.19. The lowest BCUT2D eigenvalue weighted by atomic mass is 10.1. The summed E-state index contributed by atoms with van der Waals surface area (Å²) in [6.45, 7) is 0.746. The van der Waals surface area contributed by atoms with Gasteiger partial charge in [-0.3, -0.25) is 14.9 Å². The number of ether oxygens (including phenoxy) is 1. The number of nitro groups is 1. The minimum Gasteiger partial charge on any atom is -0.452 e. The molecule has 2 N–H and O–H groups in total. The molecule has 0 saturated heterocycles. The van der Waals surface area contributed by atoms with Gasteiger partial charge in [-0.25, -0.2) is 4.79 Å². The van der Waals surface area contributed by atoms with E-state index in [0.717, 1.165) is 24.7 Å². The Kier molecular flexibility index (Phi) is 7.96. The molecule has 0 fully saturated rings. The van der Waals surface area contributed by atoms with Crippen molar-refractivity contribution in [3.05, 3.63) is 64.2 Å². The van der Waals surface area contributed by atoms with Crippen LogP contribution in [0.4, 0.5) is 17.1 Å². The zero-order valence-corrected chi connectivity index (χ0v) is 16.4. The van der Waals surface area contributed by atoms with Crippen LogP contribution in [0.5, 0.6) is 0 Å². The van der Waals surface area contributed by atoms with Gasteiger partial charge < -0.3 is 20.3 Å². The summed E-state index contributed by atoms with van der Waals surface area (Å²) < 4.78 is 4.94. The van der Waals surface area contributed by atoms with Crippen LogP contribution in [0.1, 0.15) is 16.8 Å². The highest BCUT2D eigenvalue weighted by molar-refractivity contribution is 5.93. The van der Waals surface area contributed by atoms with Crippen molar-refractivity contribution in [2.24, 2.45) is 0 Å². The number of benzene rings is 2. The summed E-state index contributed by atoms with van der Waals surface area (Å²) in [5.41, 5.74) is 1.14. The van der Waals surface area contributed by atoms with E-state index in [-0.39, 0.29) is 16.9 Å². The van der Waals surface area contributed by atoms with Crippen molar-refractivity contribution in [3.8, 4) is 0 Å². The van der Waals surface area contributed by atoms with Crippen LogP contribution < -0.4 is 15.5 Å². The average Bonchev–Trinajstić information content (AvgIpc) is 2.74. The van der Waals surface area contributed by atoms with E-state index in [4.69, 9.17) is 4.74 Å². The molecule has 0 aliphatic carbocycles. The topological polar surface area (TPSA) is 114 Å². The average molecular weight is 400 g/mol. The molecular weight excluding hydrogens is 376 g/mol. The molecule has 9 heteroatoms. The molecular formula is C20H24N4O5. The van der Waals surface area contributed by atoms with E-state index < -0.39 is 23.4 Å². The summed E-state index contributed by atoms with van der Waals surface area (Å²) in [4.78, 5) is 36.4. The molecule has 0 spiro atoms. The number of anilines is 2. The van der Waals surface area contributed by atoms with E-state index in [1.54, 1.807) is 7.05 Å². The molecule has 9 nitrogen and oxygen atoms in total. The SMILES string of the molecule is CNc1ccc(C(=O)OCC(=O)NCCCN(C)c2ccccc2)cc1[N+](=O)[O-]. The van der Waals surface area contributed by atoms with Crippen LogP contribution in [0.25, 0.3) is 0 Å². The van der Waals surface area contributed by atoms with Crippen LogP contribution in [-0.2, 0) is 9.53 Å². The van der Waals surface area contributed by atoms with E-state index in [1.807, 2.05) is 37.4 Å². The molecule has 154 valence electrons. The fourth-order valence-corrected chi connectivity index (χ4v) is 2.64. The molecule has 0 aliphatic rings. The van der Waals surface area contributed by atoms with Gasteiger partial charge in [-0.1, -0.05) is 18.2 Å². The largest absolute Gasteiger partial charge is 0.452 e. The summed E-state index contributed by atoms with van der Waals surface area (Å²) in [5, 5.41) is 16.4. The van der Waals surface area contributed by atoms with Crippen LogP contribution in [0.15, 0.2) is 48.5 Å². The first-order chi connectivity index (χ1) is 13.9. The van der Waals surface area contributed by atoms with Crippen molar-refractivity contribution in [1.82, 2.24) is 5.32 Å². The minimum atomic E-state index is -0.797. The monoisotopic (exact) mass is 400 g/mol. The van der Waals surface area contributed by atoms with Gasteiger partial charge in [-0.2, -0.15) is 0 Å². The van der Waals surface area contributed by atoms with E-state index in [1.165, 1.54) is 12.1 Å². The summed E-state index contributed by atoms with van der Waals surface area (Å²) in [6, 6.07) is 13.8.